The molecule has 4 N–H and O–H groups in total. The van der Waals surface area contributed by atoms with Crippen LogP contribution in [0, 0.1) is 0 Å². The molecule has 2 aliphatic heterocycles. The number of nitrogen functional groups attached to an aromatic ring is 1. The Morgan fingerprint density at radius 2 is 1.74 bits per heavy atom. The van der Waals surface area contributed by atoms with Crippen LogP contribution in [-0.2, 0) is 0 Å². The molecule has 4 heterocycles. The van der Waals surface area contributed by atoms with Crippen molar-refractivity contribution in [1.82, 2.24) is 24.8 Å². The minimum Gasteiger partial charge on any atom is -0.396 e. The van der Waals surface area contributed by atoms with Gasteiger partial charge in [0.2, 0.25) is 0 Å². The molecule has 2 saturated heterocycles. The Hall–Kier alpha value is -3.65. The van der Waals surface area contributed by atoms with E-state index in [0.29, 0.717) is 34.0 Å². The third-order valence-electron chi connectivity index (χ3n) is 7.33. The van der Waals surface area contributed by atoms with Gasteiger partial charge in [-0.2, -0.15) is 0 Å². The molecule has 0 aliphatic carbocycles. The first-order chi connectivity index (χ1) is 16.6. The molecule has 6 rings (SSSR count). The minimum absolute atomic E-state index is 0.0330. The number of amides is 1. The molecule has 0 radical (unpaired) electrons. The van der Waals surface area contributed by atoms with Crippen molar-refractivity contribution >= 4 is 33.5 Å². The number of hydrogen-bond donors (Lipinski definition) is 3. The number of rotatable bonds is 3. The van der Waals surface area contributed by atoms with Gasteiger partial charge in [0.1, 0.15) is 0 Å². The van der Waals surface area contributed by atoms with Gasteiger partial charge in [0, 0.05) is 35.6 Å². The van der Waals surface area contributed by atoms with E-state index in [1.165, 1.54) is 25.9 Å². The van der Waals surface area contributed by atoms with E-state index in [1.807, 2.05) is 47.4 Å². The number of aromatic amines is 2. The number of nitrogens with zero attached hydrogens (tertiary/aromatic N) is 3. The van der Waals surface area contributed by atoms with Crippen LogP contribution >= 0.6 is 0 Å². The summed E-state index contributed by atoms with van der Waals surface area (Å²) in [4.78, 5) is 41.1. The highest BCUT2D eigenvalue weighted by Crippen LogP contribution is 2.32. The van der Waals surface area contributed by atoms with E-state index >= 15 is 0 Å². The van der Waals surface area contributed by atoms with Crippen LogP contribution in [0.2, 0.25) is 0 Å². The molecule has 1 amide bonds. The molecule has 0 atom stereocenters. The molecular formula is C26H28N6O2. The molecule has 2 fully saturated rings. The average molecular weight is 457 g/mol. The van der Waals surface area contributed by atoms with Crippen molar-refractivity contribution in [2.75, 3.05) is 31.9 Å². The van der Waals surface area contributed by atoms with E-state index in [9.17, 15) is 9.59 Å². The number of aromatic nitrogens is 3. The summed E-state index contributed by atoms with van der Waals surface area (Å²) in [6, 6.07) is 13.5. The van der Waals surface area contributed by atoms with E-state index in [1.54, 1.807) is 0 Å². The number of anilines is 1. The number of benzene rings is 2. The van der Waals surface area contributed by atoms with E-state index in [0.717, 1.165) is 36.8 Å². The molecule has 0 saturated carbocycles. The van der Waals surface area contributed by atoms with Gasteiger partial charge < -0.3 is 25.5 Å². The Balaban J connectivity index is 1.28. The summed E-state index contributed by atoms with van der Waals surface area (Å²) in [5.74, 6) is 0.0330. The van der Waals surface area contributed by atoms with Crippen LogP contribution in [0.5, 0.6) is 0 Å². The van der Waals surface area contributed by atoms with Gasteiger partial charge in [-0.1, -0.05) is 12.1 Å². The zero-order valence-corrected chi connectivity index (χ0v) is 19.0. The molecule has 2 aromatic heterocycles. The second-order valence-electron chi connectivity index (χ2n) is 9.37. The Morgan fingerprint density at radius 1 is 0.971 bits per heavy atom. The first kappa shape index (κ1) is 20.9. The summed E-state index contributed by atoms with van der Waals surface area (Å²) in [7, 11) is 0. The number of fused-ring (bicyclic) bond motifs is 2. The van der Waals surface area contributed by atoms with Crippen molar-refractivity contribution in [3.05, 3.63) is 58.4 Å². The molecule has 4 aromatic rings. The monoisotopic (exact) mass is 456 g/mol. The molecule has 174 valence electrons. The SMILES string of the molecule is Nc1c(-c2nc3ccccc3[nH]c2=O)[nH]c2ccc(C(=O)N3CCC(N4CCCC4)CC3)cc12. The predicted octanol–water partition coefficient (Wildman–Crippen LogP) is 3.35. The van der Waals surface area contributed by atoms with Gasteiger partial charge >= 0.3 is 0 Å². The van der Waals surface area contributed by atoms with Gasteiger partial charge in [0.25, 0.3) is 11.5 Å². The molecule has 34 heavy (non-hydrogen) atoms. The normalized spacial score (nSPS) is 17.7. The maximum absolute atomic E-state index is 13.3. The first-order valence-electron chi connectivity index (χ1n) is 12.0. The van der Waals surface area contributed by atoms with Crippen LogP contribution in [0.1, 0.15) is 36.0 Å². The number of carbonyl (C=O) groups is 1. The van der Waals surface area contributed by atoms with Crippen molar-refractivity contribution in [2.45, 2.75) is 31.7 Å². The van der Waals surface area contributed by atoms with E-state index in [-0.39, 0.29) is 17.2 Å². The lowest BCUT2D eigenvalue weighted by Crippen LogP contribution is -2.45. The summed E-state index contributed by atoms with van der Waals surface area (Å²) in [5.41, 5.74) is 10.0. The van der Waals surface area contributed by atoms with E-state index in [4.69, 9.17) is 5.73 Å². The third-order valence-corrected chi connectivity index (χ3v) is 7.33. The van der Waals surface area contributed by atoms with Crippen LogP contribution in [0.25, 0.3) is 33.3 Å². The lowest BCUT2D eigenvalue weighted by Gasteiger charge is -2.36. The molecule has 8 nitrogen and oxygen atoms in total. The Kier molecular flexibility index (Phi) is 5.10. The Labute approximate surface area is 196 Å². The molecule has 0 spiro atoms. The highest BCUT2D eigenvalue weighted by molar-refractivity contribution is 6.04. The fourth-order valence-electron chi connectivity index (χ4n) is 5.45. The lowest BCUT2D eigenvalue weighted by molar-refractivity contribution is 0.0644. The van der Waals surface area contributed by atoms with Gasteiger partial charge in [-0.25, -0.2) is 4.98 Å². The van der Waals surface area contributed by atoms with Crippen LogP contribution in [-0.4, -0.2) is 62.9 Å². The second kappa shape index (κ2) is 8.29. The largest absolute Gasteiger partial charge is 0.396 e. The van der Waals surface area contributed by atoms with Gasteiger partial charge in [0.05, 0.1) is 22.4 Å². The van der Waals surface area contributed by atoms with E-state index in [2.05, 4.69) is 19.9 Å². The number of nitrogens with two attached hydrogens (primary N) is 1. The number of hydrogen-bond acceptors (Lipinski definition) is 5. The lowest BCUT2D eigenvalue weighted by atomic mass is 10.0. The van der Waals surface area contributed by atoms with Crippen molar-refractivity contribution in [3.63, 3.8) is 0 Å². The summed E-state index contributed by atoms with van der Waals surface area (Å²) in [6.45, 7) is 3.95. The Morgan fingerprint density at radius 3 is 2.53 bits per heavy atom. The number of carbonyl (C=O) groups excluding carboxylic acids is 1. The summed E-state index contributed by atoms with van der Waals surface area (Å²) >= 11 is 0. The number of H-pyrrole nitrogens is 2. The molecule has 2 aromatic carbocycles. The summed E-state index contributed by atoms with van der Waals surface area (Å²) < 4.78 is 0. The maximum Gasteiger partial charge on any atom is 0.276 e. The van der Waals surface area contributed by atoms with Crippen LogP contribution in [0.15, 0.2) is 47.3 Å². The zero-order valence-electron chi connectivity index (χ0n) is 19.0. The summed E-state index contributed by atoms with van der Waals surface area (Å²) in [5, 5.41) is 0.724. The highest BCUT2D eigenvalue weighted by atomic mass is 16.2. The van der Waals surface area contributed by atoms with Gasteiger partial charge in [-0.3, -0.25) is 9.59 Å². The Bertz CT molecular complexity index is 1440. The van der Waals surface area contributed by atoms with Crippen molar-refractivity contribution < 1.29 is 4.79 Å². The topological polar surface area (TPSA) is 111 Å². The maximum atomic E-state index is 13.3. The van der Waals surface area contributed by atoms with Crippen LogP contribution < -0.4 is 11.3 Å². The quantitative estimate of drug-likeness (QED) is 0.438. The minimum atomic E-state index is -0.311. The third kappa shape index (κ3) is 3.54. The molecule has 0 unspecified atom stereocenters. The van der Waals surface area contributed by atoms with Gasteiger partial charge in [-0.15, -0.1) is 0 Å². The first-order valence-corrected chi connectivity index (χ1v) is 12.0. The zero-order chi connectivity index (χ0) is 23.2. The molecule has 8 heteroatoms. The highest BCUT2D eigenvalue weighted by Gasteiger charge is 2.29. The van der Waals surface area contributed by atoms with Crippen molar-refractivity contribution in [2.24, 2.45) is 0 Å². The number of para-hydroxylation sites is 2. The van der Waals surface area contributed by atoms with Crippen molar-refractivity contribution in [3.8, 4) is 11.4 Å². The predicted molar refractivity (Wildman–Crippen MR) is 134 cm³/mol. The average Bonchev–Trinajstić information content (AvgIpc) is 3.52. The molecule has 0 bridgehead atoms. The molecular weight excluding hydrogens is 428 g/mol. The number of nitrogens with one attached hydrogen (secondary N) is 2. The molecule has 2 aliphatic rings. The fourth-order valence-corrected chi connectivity index (χ4v) is 5.45. The smallest absolute Gasteiger partial charge is 0.276 e. The summed E-state index contributed by atoms with van der Waals surface area (Å²) in [6.07, 6.45) is 4.64. The van der Waals surface area contributed by atoms with Gasteiger partial charge in [-0.05, 0) is 69.1 Å². The number of piperidine rings is 1. The fraction of sp³-hybridized carbons (Fsp3) is 0.346. The standard InChI is InChI=1S/C26H28N6O2/c27-22-18-15-16(26(34)32-13-9-17(10-14-32)31-11-3-4-12-31)7-8-19(18)28-23(22)24-25(33)30-21-6-2-1-5-20(21)29-24/h1-2,5-8,15,17,28H,3-4,9-14,27H2,(H,30,33). The van der Waals surface area contributed by atoms with Gasteiger partial charge in [0.15, 0.2) is 5.69 Å². The second-order valence-corrected chi connectivity index (χ2v) is 9.37. The van der Waals surface area contributed by atoms with Crippen molar-refractivity contribution in [1.29, 1.82) is 0 Å². The van der Waals surface area contributed by atoms with Crippen LogP contribution in [0.3, 0.4) is 0 Å². The number of likely N-dealkylation sites (tertiary alicyclic amines) is 2. The van der Waals surface area contributed by atoms with E-state index < -0.39 is 0 Å². The van der Waals surface area contributed by atoms with Crippen LogP contribution in [0.4, 0.5) is 5.69 Å².